The van der Waals surface area contributed by atoms with Gasteiger partial charge in [0.1, 0.15) is 0 Å². The van der Waals surface area contributed by atoms with Crippen LogP contribution in [0, 0.1) is 0 Å². The molecule has 1 fully saturated rings. The first-order chi connectivity index (χ1) is 7.70. The van der Waals surface area contributed by atoms with Crippen molar-refractivity contribution < 1.29 is 9.52 Å². The Balaban J connectivity index is 1.91. The number of hydrogen-bond acceptors (Lipinski definition) is 5. The summed E-state index contributed by atoms with van der Waals surface area (Å²) in [6.07, 6.45) is 3.61. The van der Waals surface area contributed by atoms with Crippen molar-refractivity contribution in [2.24, 2.45) is 0 Å². The van der Waals surface area contributed by atoms with Gasteiger partial charge in [0.05, 0.1) is 13.2 Å². The first-order valence-electron chi connectivity index (χ1n) is 5.84. The maximum atomic E-state index is 9.02. The zero-order valence-electron chi connectivity index (χ0n) is 9.89. The van der Waals surface area contributed by atoms with Crippen LogP contribution in [0.1, 0.15) is 43.9 Å². The number of hydrogen-bond donors (Lipinski definition) is 1. The van der Waals surface area contributed by atoms with E-state index in [-0.39, 0.29) is 12.6 Å². The minimum atomic E-state index is 0.110. The highest BCUT2D eigenvalue weighted by Crippen LogP contribution is 2.35. The van der Waals surface area contributed by atoms with E-state index < -0.39 is 0 Å². The molecule has 1 saturated carbocycles. The van der Waals surface area contributed by atoms with Gasteiger partial charge in [-0.05, 0) is 26.8 Å². The minimum absolute atomic E-state index is 0.110. The molecule has 1 unspecified atom stereocenters. The standard InChI is InChI=1S/C11H19N3O2/c1-8(7-15)14(2)6-10-12-13-11(16-10)9-4-3-5-9/h8-9,15H,3-7H2,1-2H3. The van der Waals surface area contributed by atoms with Gasteiger partial charge in [0.25, 0.3) is 0 Å². The van der Waals surface area contributed by atoms with E-state index in [1.165, 1.54) is 19.3 Å². The van der Waals surface area contributed by atoms with Crippen LogP contribution in [0.5, 0.6) is 0 Å². The van der Waals surface area contributed by atoms with Gasteiger partial charge in [0, 0.05) is 12.0 Å². The highest BCUT2D eigenvalue weighted by Gasteiger charge is 2.25. The van der Waals surface area contributed by atoms with Crippen molar-refractivity contribution in [3.8, 4) is 0 Å². The van der Waals surface area contributed by atoms with Gasteiger partial charge in [-0.3, -0.25) is 4.90 Å². The summed E-state index contributed by atoms with van der Waals surface area (Å²) in [5.74, 6) is 1.91. The zero-order chi connectivity index (χ0) is 11.5. The molecular formula is C11H19N3O2. The molecule has 16 heavy (non-hydrogen) atoms. The Morgan fingerprint density at radius 2 is 2.25 bits per heavy atom. The molecule has 5 heteroatoms. The molecule has 0 amide bonds. The van der Waals surface area contributed by atoms with Gasteiger partial charge in [0.15, 0.2) is 0 Å². The molecule has 2 rings (SSSR count). The predicted molar refractivity (Wildman–Crippen MR) is 58.9 cm³/mol. The number of aliphatic hydroxyl groups excluding tert-OH is 1. The molecule has 0 aliphatic heterocycles. The third kappa shape index (κ3) is 2.41. The molecule has 90 valence electrons. The van der Waals surface area contributed by atoms with Crippen LogP contribution in [0.2, 0.25) is 0 Å². The van der Waals surface area contributed by atoms with Crippen molar-refractivity contribution in [3.63, 3.8) is 0 Å². The van der Waals surface area contributed by atoms with Crippen molar-refractivity contribution in [3.05, 3.63) is 11.8 Å². The Kier molecular flexibility index (Phi) is 3.56. The fraction of sp³-hybridized carbons (Fsp3) is 0.818. The summed E-state index contributed by atoms with van der Waals surface area (Å²) < 4.78 is 5.61. The van der Waals surface area contributed by atoms with Crippen LogP contribution in [0.4, 0.5) is 0 Å². The number of rotatable bonds is 5. The van der Waals surface area contributed by atoms with Crippen molar-refractivity contribution in [1.82, 2.24) is 15.1 Å². The van der Waals surface area contributed by atoms with Crippen LogP contribution < -0.4 is 0 Å². The number of nitrogens with zero attached hydrogens (tertiary/aromatic N) is 3. The lowest BCUT2D eigenvalue weighted by Gasteiger charge is -2.21. The molecule has 5 nitrogen and oxygen atoms in total. The molecule has 0 radical (unpaired) electrons. The molecule has 0 bridgehead atoms. The summed E-state index contributed by atoms with van der Waals surface area (Å²) in [6, 6.07) is 0.110. The molecule has 0 spiro atoms. The minimum Gasteiger partial charge on any atom is -0.424 e. The Labute approximate surface area is 95.5 Å². The summed E-state index contributed by atoms with van der Waals surface area (Å²) in [6.45, 7) is 2.70. The van der Waals surface area contributed by atoms with Crippen LogP contribution in [-0.2, 0) is 6.54 Å². The molecule has 0 aromatic carbocycles. The highest BCUT2D eigenvalue weighted by molar-refractivity contribution is 4.96. The third-order valence-corrected chi connectivity index (χ3v) is 3.34. The summed E-state index contributed by atoms with van der Waals surface area (Å²) >= 11 is 0. The zero-order valence-corrected chi connectivity index (χ0v) is 9.89. The third-order valence-electron chi connectivity index (χ3n) is 3.34. The topological polar surface area (TPSA) is 62.4 Å². The van der Waals surface area contributed by atoms with Gasteiger partial charge >= 0.3 is 0 Å². The Bertz CT molecular complexity index is 336. The smallest absolute Gasteiger partial charge is 0.230 e. The van der Waals surface area contributed by atoms with E-state index in [0.29, 0.717) is 18.4 Å². The van der Waals surface area contributed by atoms with E-state index in [0.717, 1.165) is 5.89 Å². The quantitative estimate of drug-likeness (QED) is 0.814. The van der Waals surface area contributed by atoms with Gasteiger partial charge < -0.3 is 9.52 Å². The first-order valence-corrected chi connectivity index (χ1v) is 5.84. The number of aromatic nitrogens is 2. The number of likely N-dealkylation sites (N-methyl/N-ethyl adjacent to an activating group) is 1. The summed E-state index contributed by atoms with van der Waals surface area (Å²) in [7, 11) is 1.94. The molecule has 0 saturated heterocycles. The molecule has 1 aliphatic rings. The number of aliphatic hydroxyl groups is 1. The molecule has 1 N–H and O–H groups in total. The Morgan fingerprint density at radius 1 is 1.50 bits per heavy atom. The second-order valence-electron chi connectivity index (χ2n) is 4.61. The summed E-state index contributed by atoms with van der Waals surface area (Å²) in [4.78, 5) is 2.00. The van der Waals surface area contributed by atoms with Gasteiger partial charge in [0.2, 0.25) is 11.8 Å². The van der Waals surface area contributed by atoms with E-state index in [1.807, 2.05) is 18.9 Å². The van der Waals surface area contributed by atoms with Crippen molar-refractivity contribution >= 4 is 0 Å². The van der Waals surface area contributed by atoms with Crippen molar-refractivity contribution in [1.29, 1.82) is 0 Å². The van der Waals surface area contributed by atoms with Gasteiger partial charge in [-0.1, -0.05) is 6.42 Å². The van der Waals surface area contributed by atoms with Gasteiger partial charge in [-0.2, -0.15) is 0 Å². The predicted octanol–water partition coefficient (Wildman–Crippen LogP) is 1.15. The lowest BCUT2D eigenvalue weighted by molar-refractivity contribution is 0.143. The van der Waals surface area contributed by atoms with Crippen molar-refractivity contribution in [2.75, 3.05) is 13.7 Å². The lowest BCUT2D eigenvalue weighted by atomic mass is 9.85. The van der Waals surface area contributed by atoms with E-state index in [9.17, 15) is 0 Å². The van der Waals surface area contributed by atoms with Crippen LogP contribution >= 0.6 is 0 Å². The molecule has 1 atom stereocenters. The van der Waals surface area contributed by atoms with Crippen molar-refractivity contribution in [2.45, 2.75) is 44.7 Å². The SMILES string of the molecule is CC(CO)N(C)Cc1nnc(C2CCC2)o1. The molecule has 1 aromatic rings. The summed E-state index contributed by atoms with van der Waals surface area (Å²) in [5.41, 5.74) is 0. The van der Waals surface area contributed by atoms with Crippen LogP contribution in [0.3, 0.4) is 0 Å². The van der Waals surface area contributed by atoms with Gasteiger partial charge in [-0.15, -0.1) is 10.2 Å². The average Bonchev–Trinajstić information content (AvgIpc) is 2.62. The monoisotopic (exact) mass is 225 g/mol. The van der Waals surface area contributed by atoms with Crippen LogP contribution in [-0.4, -0.2) is 39.9 Å². The second-order valence-corrected chi connectivity index (χ2v) is 4.61. The molecule has 1 aliphatic carbocycles. The summed E-state index contributed by atoms with van der Waals surface area (Å²) in [5, 5.41) is 17.1. The largest absolute Gasteiger partial charge is 0.424 e. The maximum Gasteiger partial charge on any atom is 0.230 e. The van der Waals surface area contributed by atoms with Crippen LogP contribution in [0.25, 0.3) is 0 Å². The Hall–Kier alpha value is -0.940. The van der Waals surface area contributed by atoms with Crippen LogP contribution in [0.15, 0.2) is 4.42 Å². The average molecular weight is 225 g/mol. The maximum absolute atomic E-state index is 9.02. The molecule has 1 heterocycles. The van der Waals surface area contributed by atoms with E-state index in [1.54, 1.807) is 0 Å². The highest BCUT2D eigenvalue weighted by atomic mass is 16.4. The second kappa shape index (κ2) is 4.93. The van der Waals surface area contributed by atoms with E-state index >= 15 is 0 Å². The lowest BCUT2D eigenvalue weighted by Crippen LogP contribution is -2.31. The first kappa shape index (κ1) is 11.5. The normalized spacial score (nSPS) is 18.8. The van der Waals surface area contributed by atoms with E-state index in [2.05, 4.69) is 10.2 Å². The van der Waals surface area contributed by atoms with E-state index in [4.69, 9.17) is 9.52 Å². The van der Waals surface area contributed by atoms with Gasteiger partial charge in [-0.25, -0.2) is 0 Å². The Morgan fingerprint density at radius 3 is 2.81 bits per heavy atom. The molecular weight excluding hydrogens is 206 g/mol. The fourth-order valence-electron chi connectivity index (χ4n) is 1.66. The molecule has 1 aromatic heterocycles. The fourth-order valence-corrected chi connectivity index (χ4v) is 1.66.